The van der Waals surface area contributed by atoms with Crippen LogP contribution < -0.4 is 10.5 Å². The summed E-state index contributed by atoms with van der Waals surface area (Å²) in [5, 5.41) is 0.645. The normalized spacial score (nSPS) is 12.5. The summed E-state index contributed by atoms with van der Waals surface area (Å²) < 4.78 is 10.8. The molecule has 0 aliphatic rings. The second kappa shape index (κ2) is 7.54. The van der Waals surface area contributed by atoms with E-state index in [1.807, 2.05) is 19.1 Å². The molecule has 0 saturated carbocycles. The highest BCUT2D eigenvalue weighted by Crippen LogP contribution is 2.26. The Bertz CT molecular complexity index is 342. The average molecular weight is 258 g/mol. The number of halogens is 1. The van der Waals surface area contributed by atoms with Crippen LogP contribution in [-0.2, 0) is 4.74 Å². The first-order chi connectivity index (χ1) is 8.15. The zero-order valence-corrected chi connectivity index (χ0v) is 11.2. The van der Waals surface area contributed by atoms with Gasteiger partial charge in [-0.3, -0.25) is 0 Å². The number of nitrogens with two attached hydrogens (primary N) is 1. The quantitative estimate of drug-likeness (QED) is 0.763. The predicted octanol–water partition coefficient (Wildman–Crippen LogP) is 3.17. The summed E-state index contributed by atoms with van der Waals surface area (Å²) in [4.78, 5) is 0. The SMILES string of the molecule is CCCOCCOc1ccc(C(C)N)c(Cl)c1. The lowest BCUT2D eigenvalue weighted by molar-refractivity contribution is 0.101. The molecule has 0 fully saturated rings. The Morgan fingerprint density at radius 2 is 2.06 bits per heavy atom. The first-order valence-corrected chi connectivity index (χ1v) is 6.28. The van der Waals surface area contributed by atoms with E-state index in [2.05, 4.69) is 6.92 Å². The first kappa shape index (κ1) is 14.3. The molecule has 2 N–H and O–H groups in total. The van der Waals surface area contributed by atoms with Crippen LogP contribution in [0.15, 0.2) is 18.2 Å². The highest BCUT2D eigenvalue weighted by atomic mass is 35.5. The van der Waals surface area contributed by atoms with E-state index in [-0.39, 0.29) is 6.04 Å². The van der Waals surface area contributed by atoms with Gasteiger partial charge in [0.05, 0.1) is 6.61 Å². The highest BCUT2D eigenvalue weighted by Gasteiger charge is 2.06. The number of rotatable bonds is 7. The van der Waals surface area contributed by atoms with Crippen LogP contribution in [0.3, 0.4) is 0 Å². The van der Waals surface area contributed by atoms with Crippen LogP contribution in [0.1, 0.15) is 31.9 Å². The number of benzene rings is 1. The van der Waals surface area contributed by atoms with Crippen molar-refractivity contribution in [2.75, 3.05) is 19.8 Å². The molecule has 0 aromatic heterocycles. The van der Waals surface area contributed by atoms with Gasteiger partial charge in [0.25, 0.3) is 0 Å². The predicted molar refractivity (Wildman–Crippen MR) is 70.7 cm³/mol. The summed E-state index contributed by atoms with van der Waals surface area (Å²) in [6, 6.07) is 5.50. The van der Waals surface area contributed by atoms with Gasteiger partial charge in [0.15, 0.2) is 0 Å². The molecule has 17 heavy (non-hydrogen) atoms. The summed E-state index contributed by atoms with van der Waals surface area (Å²) in [6.07, 6.45) is 1.02. The van der Waals surface area contributed by atoms with Crippen LogP contribution >= 0.6 is 11.6 Å². The van der Waals surface area contributed by atoms with Crippen molar-refractivity contribution < 1.29 is 9.47 Å². The largest absolute Gasteiger partial charge is 0.491 e. The Hall–Kier alpha value is -0.770. The molecule has 0 heterocycles. The lowest BCUT2D eigenvalue weighted by Crippen LogP contribution is -2.08. The van der Waals surface area contributed by atoms with Gasteiger partial charge in [0.1, 0.15) is 12.4 Å². The molecule has 96 valence electrons. The molecular formula is C13H20ClNO2. The van der Waals surface area contributed by atoms with Crippen molar-refractivity contribution in [3.8, 4) is 5.75 Å². The molecule has 1 unspecified atom stereocenters. The summed E-state index contributed by atoms with van der Waals surface area (Å²) in [7, 11) is 0. The van der Waals surface area contributed by atoms with Crippen LogP contribution in [0.5, 0.6) is 5.75 Å². The zero-order valence-electron chi connectivity index (χ0n) is 10.4. The molecular weight excluding hydrogens is 238 g/mol. The first-order valence-electron chi connectivity index (χ1n) is 5.90. The maximum atomic E-state index is 6.10. The van der Waals surface area contributed by atoms with Gasteiger partial charge in [-0.05, 0) is 31.0 Å². The van der Waals surface area contributed by atoms with Crippen LogP contribution in [0, 0.1) is 0 Å². The smallest absolute Gasteiger partial charge is 0.120 e. The van der Waals surface area contributed by atoms with Gasteiger partial charge in [0.2, 0.25) is 0 Å². The van der Waals surface area contributed by atoms with Gasteiger partial charge in [0, 0.05) is 17.7 Å². The Kier molecular flexibility index (Phi) is 6.34. The van der Waals surface area contributed by atoms with E-state index in [0.29, 0.717) is 18.2 Å². The Morgan fingerprint density at radius 3 is 2.65 bits per heavy atom. The number of ether oxygens (including phenoxy) is 2. The Morgan fingerprint density at radius 1 is 1.29 bits per heavy atom. The molecule has 3 nitrogen and oxygen atoms in total. The van der Waals surface area contributed by atoms with Crippen molar-refractivity contribution in [3.05, 3.63) is 28.8 Å². The molecule has 1 aromatic rings. The van der Waals surface area contributed by atoms with Gasteiger partial charge >= 0.3 is 0 Å². The van der Waals surface area contributed by atoms with E-state index >= 15 is 0 Å². The van der Waals surface area contributed by atoms with Gasteiger partial charge < -0.3 is 15.2 Å². The average Bonchev–Trinajstić information content (AvgIpc) is 2.28. The van der Waals surface area contributed by atoms with Gasteiger partial charge in [-0.25, -0.2) is 0 Å². The molecule has 4 heteroatoms. The fourth-order valence-electron chi connectivity index (χ4n) is 1.43. The molecule has 0 saturated heterocycles. The van der Waals surface area contributed by atoms with Crippen LogP contribution in [0.4, 0.5) is 0 Å². The van der Waals surface area contributed by atoms with Crippen molar-refractivity contribution in [2.24, 2.45) is 5.73 Å². The second-order valence-electron chi connectivity index (χ2n) is 3.93. The molecule has 1 atom stereocenters. The molecule has 1 rings (SSSR count). The van der Waals surface area contributed by atoms with E-state index in [0.717, 1.165) is 24.3 Å². The highest BCUT2D eigenvalue weighted by molar-refractivity contribution is 6.31. The Labute approximate surface area is 108 Å². The molecule has 0 radical (unpaired) electrons. The van der Waals surface area contributed by atoms with Gasteiger partial charge in [-0.2, -0.15) is 0 Å². The maximum Gasteiger partial charge on any atom is 0.120 e. The standard InChI is InChI=1S/C13H20ClNO2/c1-3-6-16-7-8-17-11-4-5-12(10(2)15)13(14)9-11/h4-5,9-10H,3,6-8,15H2,1-2H3. The van der Waals surface area contributed by atoms with Crippen molar-refractivity contribution >= 4 is 11.6 Å². The lowest BCUT2D eigenvalue weighted by Gasteiger charge is -2.11. The van der Waals surface area contributed by atoms with Crippen molar-refractivity contribution in [1.29, 1.82) is 0 Å². The molecule has 0 amide bonds. The molecule has 1 aromatic carbocycles. The van der Waals surface area contributed by atoms with Gasteiger partial charge in [-0.15, -0.1) is 0 Å². The lowest BCUT2D eigenvalue weighted by atomic mass is 10.1. The summed E-state index contributed by atoms with van der Waals surface area (Å²) in [5.74, 6) is 0.750. The van der Waals surface area contributed by atoms with E-state index in [9.17, 15) is 0 Å². The minimum absolute atomic E-state index is 0.0653. The van der Waals surface area contributed by atoms with E-state index in [4.69, 9.17) is 26.8 Å². The van der Waals surface area contributed by atoms with Crippen LogP contribution in [0.25, 0.3) is 0 Å². The third-order valence-corrected chi connectivity index (χ3v) is 2.63. The van der Waals surface area contributed by atoms with Crippen molar-refractivity contribution in [3.63, 3.8) is 0 Å². The van der Waals surface area contributed by atoms with Crippen LogP contribution in [-0.4, -0.2) is 19.8 Å². The van der Waals surface area contributed by atoms with E-state index < -0.39 is 0 Å². The van der Waals surface area contributed by atoms with Crippen LogP contribution in [0.2, 0.25) is 5.02 Å². The third kappa shape index (κ3) is 4.94. The maximum absolute atomic E-state index is 6.10. The van der Waals surface area contributed by atoms with E-state index in [1.54, 1.807) is 6.07 Å². The minimum atomic E-state index is -0.0653. The third-order valence-electron chi connectivity index (χ3n) is 2.31. The fourth-order valence-corrected chi connectivity index (χ4v) is 1.77. The summed E-state index contributed by atoms with van der Waals surface area (Å²) >= 11 is 6.10. The molecule has 0 aliphatic heterocycles. The molecule has 0 aliphatic carbocycles. The minimum Gasteiger partial charge on any atom is -0.491 e. The molecule has 0 bridgehead atoms. The summed E-state index contributed by atoms with van der Waals surface area (Å²) in [5.41, 5.74) is 6.71. The molecule has 0 spiro atoms. The van der Waals surface area contributed by atoms with E-state index in [1.165, 1.54) is 0 Å². The second-order valence-corrected chi connectivity index (χ2v) is 4.34. The van der Waals surface area contributed by atoms with Crippen molar-refractivity contribution in [2.45, 2.75) is 26.3 Å². The number of hydrogen-bond acceptors (Lipinski definition) is 3. The topological polar surface area (TPSA) is 44.5 Å². The monoisotopic (exact) mass is 257 g/mol. The zero-order chi connectivity index (χ0) is 12.7. The summed E-state index contributed by atoms with van der Waals surface area (Å²) in [6.45, 7) is 5.88. The fraction of sp³-hybridized carbons (Fsp3) is 0.538. The number of hydrogen-bond donors (Lipinski definition) is 1. The Balaban J connectivity index is 2.42. The van der Waals surface area contributed by atoms with Gasteiger partial charge in [-0.1, -0.05) is 24.6 Å². The van der Waals surface area contributed by atoms with Crippen molar-refractivity contribution in [1.82, 2.24) is 0 Å².